The third-order valence-electron chi connectivity index (χ3n) is 5.29. The van der Waals surface area contributed by atoms with Gasteiger partial charge in [0.15, 0.2) is 0 Å². The maximum Gasteiger partial charge on any atom is 0.227 e. The van der Waals surface area contributed by atoms with Crippen LogP contribution in [-0.2, 0) is 22.4 Å². The van der Waals surface area contributed by atoms with Crippen LogP contribution in [0.4, 0.5) is 11.4 Å². The predicted molar refractivity (Wildman–Crippen MR) is 144 cm³/mol. The molecule has 0 N–H and O–H groups in total. The molecular formula is C29H46N2O2. The van der Waals surface area contributed by atoms with Gasteiger partial charge in [0, 0.05) is 36.3 Å². The van der Waals surface area contributed by atoms with Crippen LogP contribution in [0.1, 0.15) is 86.8 Å². The summed E-state index contributed by atoms with van der Waals surface area (Å²) in [4.78, 5) is 27.3. The number of amides is 2. The first kappa shape index (κ1) is 30.4. The molecule has 4 rings (SSSR count). The maximum absolute atomic E-state index is 11.7. The Morgan fingerprint density at radius 3 is 1.18 bits per heavy atom. The van der Waals surface area contributed by atoms with Crippen LogP contribution < -0.4 is 9.80 Å². The van der Waals surface area contributed by atoms with Crippen LogP contribution in [0, 0.1) is 0 Å². The van der Waals surface area contributed by atoms with Crippen LogP contribution in [-0.4, -0.2) is 23.9 Å². The molecule has 33 heavy (non-hydrogen) atoms. The van der Waals surface area contributed by atoms with Crippen LogP contribution in [0.3, 0.4) is 0 Å². The van der Waals surface area contributed by atoms with E-state index in [4.69, 9.17) is 0 Å². The molecule has 4 heteroatoms. The molecule has 2 aromatic carbocycles. The Labute approximate surface area is 203 Å². The van der Waals surface area contributed by atoms with E-state index in [0.717, 1.165) is 24.2 Å². The molecule has 0 bridgehead atoms. The zero-order valence-corrected chi connectivity index (χ0v) is 21.3. The van der Waals surface area contributed by atoms with Gasteiger partial charge in [-0.3, -0.25) is 9.59 Å². The van der Waals surface area contributed by atoms with E-state index < -0.39 is 0 Å². The van der Waals surface area contributed by atoms with Crippen LogP contribution in [0.5, 0.6) is 0 Å². The van der Waals surface area contributed by atoms with Crippen molar-refractivity contribution >= 4 is 23.2 Å². The molecule has 184 valence electrons. The standard InChI is InChI=1S/2C12H15NO.2C2H6.CH4/c2*1-9(2)13-11-6-4-3-5-10(11)7-8-12(13)14;2*1-2;/h2*3-6,9H,7-8H2,1-2H3;2*1-2H3;1H4. The van der Waals surface area contributed by atoms with E-state index in [1.807, 2.05) is 73.9 Å². The Morgan fingerprint density at radius 1 is 0.576 bits per heavy atom. The SMILES string of the molecule is C.CC.CC.CC(C)N1C(=O)CCc2ccccc21.CC(C)N1C(=O)CCc2ccccc21. The molecule has 4 nitrogen and oxygen atoms in total. The molecule has 0 saturated carbocycles. The monoisotopic (exact) mass is 454 g/mol. The molecule has 0 aliphatic carbocycles. The zero-order valence-electron chi connectivity index (χ0n) is 21.3. The topological polar surface area (TPSA) is 40.6 Å². The summed E-state index contributed by atoms with van der Waals surface area (Å²) >= 11 is 0. The second-order valence-electron chi connectivity index (χ2n) is 7.97. The number of benzene rings is 2. The second-order valence-corrected chi connectivity index (χ2v) is 7.97. The van der Waals surface area contributed by atoms with Crippen molar-refractivity contribution in [3.63, 3.8) is 0 Å². The highest BCUT2D eigenvalue weighted by molar-refractivity contribution is 5.97. The van der Waals surface area contributed by atoms with Gasteiger partial charge in [-0.05, 0) is 63.8 Å². The van der Waals surface area contributed by atoms with Crippen molar-refractivity contribution in [3.05, 3.63) is 59.7 Å². The van der Waals surface area contributed by atoms with E-state index >= 15 is 0 Å². The number of hydrogen-bond acceptors (Lipinski definition) is 2. The second kappa shape index (κ2) is 15.3. The Bertz CT molecular complexity index is 787. The fraction of sp³-hybridized carbons (Fsp3) is 0.517. The number of nitrogens with zero attached hydrogens (tertiary/aromatic N) is 2. The van der Waals surface area contributed by atoms with E-state index in [2.05, 4.69) is 39.8 Å². The lowest BCUT2D eigenvalue weighted by atomic mass is 10.00. The molecule has 2 amide bonds. The van der Waals surface area contributed by atoms with Crippen molar-refractivity contribution in [1.82, 2.24) is 0 Å². The normalized spacial score (nSPS) is 13.9. The van der Waals surface area contributed by atoms with Crippen LogP contribution in [0.15, 0.2) is 48.5 Å². The molecule has 0 atom stereocenters. The van der Waals surface area contributed by atoms with Crippen molar-refractivity contribution in [2.75, 3.05) is 9.80 Å². The number of anilines is 2. The van der Waals surface area contributed by atoms with Crippen molar-refractivity contribution in [2.24, 2.45) is 0 Å². The van der Waals surface area contributed by atoms with Gasteiger partial charge < -0.3 is 9.80 Å². The average molecular weight is 455 g/mol. The summed E-state index contributed by atoms with van der Waals surface area (Å²) in [7, 11) is 0. The fourth-order valence-electron chi connectivity index (χ4n) is 4.04. The summed E-state index contributed by atoms with van der Waals surface area (Å²) < 4.78 is 0. The van der Waals surface area contributed by atoms with Gasteiger partial charge in [0.1, 0.15) is 0 Å². The molecule has 0 radical (unpaired) electrons. The van der Waals surface area contributed by atoms with E-state index in [0.29, 0.717) is 12.8 Å². The van der Waals surface area contributed by atoms with Gasteiger partial charge in [-0.15, -0.1) is 0 Å². The lowest BCUT2D eigenvalue weighted by Crippen LogP contribution is -2.40. The Hall–Kier alpha value is -2.62. The first-order valence-corrected chi connectivity index (χ1v) is 12.2. The minimum atomic E-state index is 0. The van der Waals surface area contributed by atoms with Gasteiger partial charge in [-0.1, -0.05) is 71.5 Å². The molecule has 2 heterocycles. The Kier molecular flexibility index (Phi) is 14.0. The molecule has 0 spiro atoms. The smallest absolute Gasteiger partial charge is 0.227 e. The Balaban J connectivity index is 0.000000526. The maximum atomic E-state index is 11.7. The summed E-state index contributed by atoms with van der Waals surface area (Å²) in [5.41, 5.74) is 4.78. The molecule has 2 aliphatic rings. The quantitative estimate of drug-likeness (QED) is 0.473. The number of aryl methyl sites for hydroxylation is 2. The van der Waals surface area contributed by atoms with Gasteiger partial charge in [-0.25, -0.2) is 0 Å². The summed E-state index contributed by atoms with van der Waals surface area (Å²) in [6, 6.07) is 16.8. The molecule has 2 aliphatic heterocycles. The summed E-state index contributed by atoms with van der Waals surface area (Å²) in [6.07, 6.45) is 3.07. The van der Waals surface area contributed by atoms with E-state index in [1.165, 1.54) is 11.1 Å². The molecular weight excluding hydrogens is 408 g/mol. The molecule has 0 fully saturated rings. The number of carbonyl (C=O) groups excluding carboxylic acids is 2. The summed E-state index contributed by atoms with van der Waals surface area (Å²) in [5, 5.41) is 0. The molecule has 0 unspecified atom stereocenters. The van der Waals surface area contributed by atoms with Crippen LogP contribution in [0.25, 0.3) is 0 Å². The van der Waals surface area contributed by atoms with Crippen molar-refractivity contribution in [1.29, 1.82) is 0 Å². The van der Waals surface area contributed by atoms with Crippen molar-refractivity contribution < 1.29 is 9.59 Å². The van der Waals surface area contributed by atoms with Crippen molar-refractivity contribution in [2.45, 2.75) is 101 Å². The van der Waals surface area contributed by atoms with Gasteiger partial charge in [0.2, 0.25) is 11.8 Å². The number of carbonyl (C=O) groups is 2. The first-order valence-electron chi connectivity index (χ1n) is 12.2. The number of para-hydroxylation sites is 2. The number of hydrogen-bond donors (Lipinski definition) is 0. The van der Waals surface area contributed by atoms with Gasteiger partial charge in [0.05, 0.1) is 0 Å². The third-order valence-corrected chi connectivity index (χ3v) is 5.29. The highest BCUT2D eigenvalue weighted by Gasteiger charge is 2.26. The van der Waals surface area contributed by atoms with E-state index in [-0.39, 0.29) is 31.3 Å². The minimum absolute atomic E-state index is 0. The minimum Gasteiger partial charge on any atom is -0.310 e. The summed E-state index contributed by atoms with van der Waals surface area (Å²) in [6.45, 7) is 16.2. The largest absolute Gasteiger partial charge is 0.310 e. The average Bonchev–Trinajstić information content (AvgIpc) is 2.81. The van der Waals surface area contributed by atoms with Crippen molar-refractivity contribution in [3.8, 4) is 0 Å². The number of rotatable bonds is 2. The first-order chi connectivity index (χ1) is 15.4. The molecule has 0 saturated heterocycles. The van der Waals surface area contributed by atoms with Crippen LogP contribution in [0.2, 0.25) is 0 Å². The van der Waals surface area contributed by atoms with E-state index in [9.17, 15) is 9.59 Å². The highest BCUT2D eigenvalue weighted by atomic mass is 16.2. The molecule has 0 aromatic heterocycles. The lowest BCUT2D eigenvalue weighted by molar-refractivity contribution is -0.120. The lowest BCUT2D eigenvalue weighted by Gasteiger charge is -2.32. The summed E-state index contributed by atoms with van der Waals surface area (Å²) in [5.74, 6) is 0.498. The van der Waals surface area contributed by atoms with Gasteiger partial charge >= 0.3 is 0 Å². The van der Waals surface area contributed by atoms with Gasteiger partial charge in [0.25, 0.3) is 0 Å². The van der Waals surface area contributed by atoms with Crippen LogP contribution >= 0.6 is 0 Å². The van der Waals surface area contributed by atoms with E-state index in [1.54, 1.807) is 0 Å². The fourth-order valence-corrected chi connectivity index (χ4v) is 4.04. The predicted octanol–water partition coefficient (Wildman–Crippen LogP) is 7.44. The number of fused-ring (bicyclic) bond motifs is 2. The Morgan fingerprint density at radius 2 is 0.879 bits per heavy atom. The zero-order chi connectivity index (χ0) is 24.3. The van der Waals surface area contributed by atoms with Gasteiger partial charge in [-0.2, -0.15) is 0 Å². The highest BCUT2D eigenvalue weighted by Crippen LogP contribution is 2.29. The third kappa shape index (κ3) is 7.73. The molecule has 2 aromatic rings.